The molecular weight excluding hydrogens is 426 g/mol. The van der Waals surface area contributed by atoms with E-state index >= 15 is 0 Å². The number of aliphatic imine (C=N–C) groups is 1. The molecule has 0 spiro atoms. The van der Waals surface area contributed by atoms with Crippen LogP contribution < -0.4 is 10.6 Å². The standard InChI is InChI=1S/C25H28F2N4O2/c1-2-3-17-13-28-6-7-31(17)25(33)18-9-14(4-5-20(18)26)15-8-16-12-29-22(32)11-19-23(16)21(10-15)30-24(19)27/h4-5,9,11,15-17,28H,2-3,6-8,10,12-13H2,1H3,(H,29,32). The first-order valence-electron chi connectivity index (χ1n) is 11.7. The van der Waals surface area contributed by atoms with E-state index in [1.807, 2.05) is 0 Å². The van der Waals surface area contributed by atoms with Gasteiger partial charge in [-0.15, -0.1) is 0 Å². The van der Waals surface area contributed by atoms with Crippen molar-refractivity contribution in [2.45, 2.75) is 44.6 Å². The average Bonchev–Trinajstić information content (AvgIpc) is 3.01. The summed E-state index contributed by atoms with van der Waals surface area (Å²) in [7, 11) is 0. The first-order chi connectivity index (χ1) is 16.0. The van der Waals surface area contributed by atoms with Gasteiger partial charge in [0.2, 0.25) is 11.9 Å². The number of nitrogens with one attached hydrogen (secondary N) is 2. The molecule has 3 heterocycles. The van der Waals surface area contributed by atoms with Gasteiger partial charge >= 0.3 is 0 Å². The second-order valence-electron chi connectivity index (χ2n) is 9.28. The number of allylic oxidation sites excluding steroid dienone is 2. The highest BCUT2D eigenvalue weighted by molar-refractivity contribution is 6.07. The van der Waals surface area contributed by atoms with Crippen LogP contribution >= 0.6 is 0 Å². The Morgan fingerprint density at radius 1 is 1.24 bits per heavy atom. The molecule has 5 rings (SSSR count). The normalized spacial score (nSPS) is 26.9. The van der Waals surface area contributed by atoms with E-state index in [9.17, 15) is 18.4 Å². The molecule has 1 aliphatic carbocycles. The van der Waals surface area contributed by atoms with Gasteiger partial charge in [-0.05, 0) is 48.4 Å². The highest BCUT2D eigenvalue weighted by Crippen LogP contribution is 2.46. The molecule has 1 saturated heterocycles. The van der Waals surface area contributed by atoms with Gasteiger partial charge in [0, 0.05) is 55.5 Å². The van der Waals surface area contributed by atoms with Gasteiger partial charge in [-0.25, -0.2) is 9.38 Å². The Morgan fingerprint density at radius 3 is 2.91 bits per heavy atom. The van der Waals surface area contributed by atoms with Crippen molar-refractivity contribution in [3.8, 4) is 0 Å². The summed E-state index contributed by atoms with van der Waals surface area (Å²) in [6.07, 6.45) is 4.27. The maximum Gasteiger partial charge on any atom is 0.257 e. The lowest BCUT2D eigenvalue weighted by atomic mass is 9.75. The third-order valence-electron chi connectivity index (χ3n) is 7.20. The minimum absolute atomic E-state index is 0.0405. The van der Waals surface area contributed by atoms with E-state index in [1.165, 1.54) is 12.1 Å². The summed E-state index contributed by atoms with van der Waals surface area (Å²) < 4.78 is 29.3. The Kier molecular flexibility index (Phi) is 5.86. The highest BCUT2D eigenvalue weighted by atomic mass is 19.1. The lowest BCUT2D eigenvalue weighted by Crippen LogP contribution is -2.53. The molecule has 1 fully saturated rings. The molecule has 0 bridgehead atoms. The number of benzene rings is 1. The summed E-state index contributed by atoms with van der Waals surface area (Å²) in [5, 5.41) is 6.14. The van der Waals surface area contributed by atoms with E-state index in [4.69, 9.17) is 0 Å². The SMILES string of the molecule is CCCC1CNCCN1C(=O)c1cc(C2CC3=C4C(=CC(=O)NCC4C2)C(F)=N3)ccc1F. The summed E-state index contributed by atoms with van der Waals surface area (Å²) in [6.45, 7) is 4.45. The van der Waals surface area contributed by atoms with Crippen molar-refractivity contribution >= 4 is 17.8 Å². The van der Waals surface area contributed by atoms with Crippen LogP contribution in [0.2, 0.25) is 0 Å². The number of piperazine rings is 1. The Hall–Kier alpha value is -2.87. The first-order valence-corrected chi connectivity index (χ1v) is 11.7. The van der Waals surface area contributed by atoms with Crippen LogP contribution in [0.3, 0.4) is 0 Å². The van der Waals surface area contributed by atoms with Crippen LogP contribution in [0.4, 0.5) is 8.78 Å². The van der Waals surface area contributed by atoms with E-state index in [0.717, 1.165) is 24.0 Å². The lowest BCUT2D eigenvalue weighted by molar-refractivity contribution is -0.116. The molecule has 3 unspecified atom stereocenters. The Labute approximate surface area is 191 Å². The van der Waals surface area contributed by atoms with Crippen LogP contribution in [-0.2, 0) is 4.79 Å². The minimum atomic E-state index is -0.613. The van der Waals surface area contributed by atoms with E-state index < -0.39 is 11.8 Å². The van der Waals surface area contributed by atoms with Crippen LogP contribution in [0, 0.1) is 11.7 Å². The minimum Gasteiger partial charge on any atom is -0.352 e. The summed E-state index contributed by atoms with van der Waals surface area (Å²) in [5.74, 6) is -1.84. The molecule has 2 N–H and O–H groups in total. The second kappa shape index (κ2) is 8.82. The fraction of sp³-hybridized carbons (Fsp3) is 0.480. The van der Waals surface area contributed by atoms with Crippen LogP contribution in [-0.4, -0.2) is 54.9 Å². The van der Waals surface area contributed by atoms with Crippen LogP contribution in [0.15, 0.2) is 46.1 Å². The van der Waals surface area contributed by atoms with Crippen molar-refractivity contribution in [1.29, 1.82) is 0 Å². The summed E-state index contributed by atoms with van der Waals surface area (Å²) in [4.78, 5) is 31.2. The molecule has 174 valence electrons. The third-order valence-corrected chi connectivity index (χ3v) is 7.20. The topological polar surface area (TPSA) is 73.8 Å². The fourth-order valence-electron chi connectivity index (χ4n) is 5.61. The highest BCUT2D eigenvalue weighted by Gasteiger charge is 2.39. The Bertz CT molecular complexity index is 1090. The van der Waals surface area contributed by atoms with Gasteiger partial charge in [-0.2, -0.15) is 4.39 Å². The van der Waals surface area contributed by atoms with E-state index in [2.05, 4.69) is 22.5 Å². The molecule has 6 nitrogen and oxygen atoms in total. The van der Waals surface area contributed by atoms with Gasteiger partial charge in [-0.3, -0.25) is 9.59 Å². The number of hydrogen-bond donors (Lipinski definition) is 2. The zero-order chi connectivity index (χ0) is 23.1. The number of carbonyl (C=O) groups is 2. The molecule has 2 amide bonds. The number of carbonyl (C=O) groups excluding carboxylic acids is 2. The molecular formula is C25H28F2N4O2. The smallest absolute Gasteiger partial charge is 0.257 e. The zero-order valence-corrected chi connectivity index (χ0v) is 18.7. The predicted molar refractivity (Wildman–Crippen MR) is 121 cm³/mol. The van der Waals surface area contributed by atoms with Crippen molar-refractivity contribution in [1.82, 2.24) is 15.5 Å². The van der Waals surface area contributed by atoms with Crippen LogP contribution in [0.25, 0.3) is 0 Å². The lowest BCUT2D eigenvalue weighted by Gasteiger charge is -2.36. The summed E-state index contributed by atoms with van der Waals surface area (Å²) in [6, 6.07) is 4.80. The van der Waals surface area contributed by atoms with E-state index in [-0.39, 0.29) is 35.3 Å². The molecule has 0 radical (unpaired) electrons. The number of rotatable bonds is 4. The molecule has 3 atom stereocenters. The Balaban J connectivity index is 1.43. The maximum atomic E-state index is 14.8. The number of nitrogens with zero attached hydrogens (tertiary/aromatic N) is 2. The predicted octanol–water partition coefficient (Wildman–Crippen LogP) is 3.23. The summed E-state index contributed by atoms with van der Waals surface area (Å²) in [5.41, 5.74) is 2.69. The molecule has 0 saturated carbocycles. The van der Waals surface area contributed by atoms with Gasteiger partial charge in [0.15, 0.2) is 0 Å². The van der Waals surface area contributed by atoms with Crippen molar-refractivity contribution in [3.63, 3.8) is 0 Å². The monoisotopic (exact) mass is 454 g/mol. The van der Waals surface area contributed by atoms with Crippen molar-refractivity contribution in [2.75, 3.05) is 26.2 Å². The van der Waals surface area contributed by atoms with E-state index in [0.29, 0.717) is 50.3 Å². The van der Waals surface area contributed by atoms with Gasteiger partial charge in [0.25, 0.3) is 5.91 Å². The molecule has 3 aliphatic heterocycles. The van der Waals surface area contributed by atoms with E-state index in [1.54, 1.807) is 17.0 Å². The summed E-state index contributed by atoms with van der Waals surface area (Å²) >= 11 is 0. The van der Waals surface area contributed by atoms with Crippen molar-refractivity contribution in [3.05, 3.63) is 58.1 Å². The van der Waals surface area contributed by atoms with Crippen molar-refractivity contribution in [2.24, 2.45) is 10.9 Å². The fourth-order valence-corrected chi connectivity index (χ4v) is 5.61. The largest absolute Gasteiger partial charge is 0.352 e. The first kappa shape index (κ1) is 21.9. The number of halogens is 2. The Morgan fingerprint density at radius 2 is 2.09 bits per heavy atom. The number of hydrogen-bond acceptors (Lipinski definition) is 4. The molecule has 0 aromatic heterocycles. The molecule has 33 heavy (non-hydrogen) atoms. The number of amides is 2. The molecule has 4 aliphatic rings. The van der Waals surface area contributed by atoms with Gasteiger partial charge in [0.1, 0.15) is 5.82 Å². The third kappa shape index (κ3) is 4.01. The van der Waals surface area contributed by atoms with Gasteiger partial charge in [0.05, 0.1) is 5.56 Å². The van der Waals surface area contributed by atoms with Crippen LogP contribution in [0.5, 0.6) is 0 Å². The second-order valence-corrected chi connectivity index (χ2v) is 9.28. The van der Waals surface area contributed by atoms with Crippen molar-refractivity contribution < 1.29 is 18.4 Å². The van der Waals surface area contributed by atoms with Gasteiger partial charge in [-0.1, -0.05) is 19.4 Å². The molecule has 8 heteroatoms. The zero-order valence-electron chi connectivity index (χ0n) is 18.7. The van der Waals surface area contributed by atoms with Crippen LogP contribution in [0.1, 0.15) is 54.4 Å². The quantitative estimate of drug-likeness (QED) is 0.734. The maximum absolute atomic E-state index is 14.8. The van der Waals surface area contributed by atoms with Gasteiger partial charge < -0.3 is 15.5 Å². The molecule has 1 aromatic carbocycles. The molecule has 1 aromatic rings. The average molecular weight is 455 g/mol.